The van der Waals surface area contributed by atoms with Crippen molar-refractivity contribution in [2.45, 2.75) is 32.4 Å². The van der Waals surface area contributed by atoms with E-state index < -0.39 is 11.4 Å². The summed E-state index contributed by atoms with van der Waals surface area (Å²) in [7, 11) is 0. The summed E-state index contributed by atoms with van der Waals surface area (Å²) in [5.74, 6) is 0.0466. The van der Waals surface area contributed by atoms with E-state index >= 15 is 9.18 Å². The highest BCUT2D eigenvalue weighted by Gasteiger charge is 2.62. The van der Waals surface area contributed by atoms with Crippen molar-refractivity contribution < 1.29 is 18.4 Å². The van der Waals surface area contributed by atoms with Crippen LogP contribution in [0.3, 0.4) is 0 Å². The van der Waals surface area contributed by atoms with E-state index in [0.29, 0.717) is 54.5 Å². The zero-order valence-electron chi connectivity index (χ0n) is 23.7. The van der Waals surface area contributed by atoms with Crippen molar-refractivity contribution in [3.63, 3.8) is 0 Å². The first-order chi connectivity index (χ1) is 20.4. The number of halogens is 1. The predicted molar refractivity (Wildman–Crippen MR) is 161 cm³/mol. The molecule has 1 atom stereocenters. The molecule has 0 fully saturated rings. The largest absolute Gasteiger partial charge is 0.376 e. The van der Waals surface area contributed by atoms with E-state index in [1.54, 1.807) is 6.07 Å². The lowest BCUT2D eigenvalue weighted by atomic mass is 9.80. The molecule has 2 aliphatic heterocycles. The van der Waals surface area contributed by atoms with Gasteiger partial charge in [-0.1, -0.05) is 48.5 Å². The van der Waals surface area contributed by atoms with Crippen molar-refractivity contribution in [2.75, 3.05) is 25.0 Å². The highest BCUT2D eigenvalue weighted by molar-refractivity contribution is 6.06. The molecular formula is C35H32FN4O2+. The van der Waals surface area contributed by atoms with Gasteiger partial charge in [0.15, 0.2) is 0 Å². The molecular weight excluding hydrogens is 527 g/mol. The quantitative estimate of drug-likeness (QED) is 0.272. The topological polar surface area (TPSA) is 74.5 Å². The van der Waals surface area contributed by atoms with Crippen LogP contribution in [0.15, 0.2) is 96.0 Å². The number of nitrogens with one attached hydrogen (secondary N) is 1. The Morgan fingerprint density at radius 1 is 0.952 bits per heavy atom. The number of aliphatic imine (C=N–C) groups is 1. The van der Waals surface area contributed by atoms with Gasteiger partial charge in [-0.3, -0.25) is 5.32 Å². The third kappa shape index (κ3) is 4.40. The molecule has 42 heavy (non-hydrogen) atoms. The zero-order chi connectivity index (χ0) is 29.3. The van der Waals surface area contributed by atoms with E-state index in [1.165, 1.54) is 23.8 Å². The summed E-state index contributed by atoms with van der Waals surface area (Å²) in [6.45, 7) is 6.14. The van der Waals surface area contributed by atoms with Gasteiger partial charge in [-0.05, 0) is 90.6 Å². The molecule has 1 amide bonds. The molecule has 0 aliphatic carbocycles. The van der Waals surface area contributed by atoms with Crippen molar-refractivity contribution in [1.82, 2.24) is 0 Å². The number of para-hydroxylation sites is 1. The molecule has 0 aromatic heterocycles. The number of carbonyl (C=O) groups excluding carboxylic acids is 1. The fourth-order valence-corrected chi connectivity index (χ4v) is 6.17. The average molecular weight is 560 g/mol. The monoisotopic (exact) mass is 559 g/mol. The molecule has 0 saturated heterocycles. The lowest BCUT2D eigenvalue weighted by Crippen LogP contribution is -2.59. The summed E-state index contributed by atoms with van der Waals surface area (Å²) in [5, 5.41) is 12.9. The maximum absolute atomic E-state index is 15.1. The van der Waals surface area contributed by atoms with Crippen LogP contribution < -0.4 is 5.32 Å². The van der Waals surface area contributed by atoms with Gasteiger partial charge in [-0.25, -0.2) is 9.18 Å². The SMILES string of the molecule is CC[N+]1(CC)C(=O)C(c2cccc(-c3cc(C#N)ccc3F)c2)(c2ccc3c(c2)COCC3)N=C1Nc1ccccc1. The Hall–Kier alpha value is -4.64. The number of benzene rings is 4. The highest BCUT2D eigenvalue weighted by Crippen LogP contribution is 2.45. The molecule has 0 radical (unpaired) electrons. The molecule has 1 N–H and O–H groups in total. The number of likely N-dealkylation sites (N-methyl/N-ethyl adjacent to an activating group) is 1. The number of hydrogen-bond acceptors (Lipinski definition) is 5. The van der Waals surface area contributed by atoms with Gasteiger partial charge in [0.2, 0.25) is 5.54 Å². The molecule has 0 saturated carbocycles. The Balaban J connectivity index is 1.61. The van der Waals surface area contributed by atoms with Crippen LogP contribution in [0.4, 0.5) is 10.1 Å². The van der Waals surface area contributed by atoms with Crippen LogP contribution in [0.5, 0.6) is 0 Å². The number of hydrogen-bond donors (Lipinski definition) is 1. The van der Waals surface area contributed by atoms with Gasteiger partial charge >= 0.3 is 11.9 Å². The lowest BCUT2D eigenvalue weighted by molar-refractivity contribution is -0.757. The number of fused-ring (bicyclic) bond motifs is 1. The van der Waals surface area contributed by atoms with E-state index in [-0.39, 0.29) is 10.4 Å². The normalized spacial score (nSPS) is 19.1. The second-order valence-corrected chi connectivity index (χ2v) is 10.7. The number of carbonyl (C=O) groups is 1. The molecule has 2 heterocycles. The van der Waals surface area contributed by atoms with E-state index in [9.17, 15) is 5.26 Å². The molecule has 1 unspecified atom stereocenters. The van der Waals surface area contributed by atoms with Crippen LogP contribution >= 0.6 is 0 Å². The van der Waals surface area contributed by atoms with E-state index in [0.717, 1.165) is 23.2 Å². The first kappa shape index (κ1) is 27.5. The smallest absolute Gasteiger partial charge is 0.358 e. The number of amides is 1. The number of rotatable bonds is 6. The summed E-state index contributed by atoms with van der Waals surface area (Å²) < 4.78 is 20.9. The standard InChI is InChI=1S/C35H32FN4O2/c1-3-40(4-2)33(41)35(39-34(40)38-30-11-6-5-7-12-30,29-15-14-25-17-18-42-23-27(25)21-29)28-10-8-9-26(20-28)31-19-24(22-37)13-16-32(31)36/h5-16,19-21H,3-4,17-18,23H2,1-2H3,(H,38,39)/q+1. The number of guanidine groups is 1. The van der Waals surface area contributed by atoms with Gasteiger partial charge in [-0.15, -0.1) is 0 Å². The van der Waals surface area contributed by atoms with Crippen molar-refractivity contribution in [3.05, 3.63) is 125 Å². The molecule has 6 nitrogen and oxygen atoms in total. The summed E-state index contributed by atoms with van der Waals surface area (Å²) >= 11 is 0. The van der Waals surface area contributed by atoms with E-state index in [4.69, 9.17) is 9.73 Å². The van der Waals surface area contributed by atoms with Crippen molar-refractivity contribution in [1.29, 1.82) is 5.26 Å². The number of anilines is 1. The van der Waals surface area contributed by atoms with Crippen LogP contribution in [-0.4, -0.2) is 36.0 Å². The molecule has 6 rings (SSSR count). The third-order valence-electron chi connectivity index (χ3n) is 8.57. The fourth-order valence-electron chi connectivity index (χ4n) is 6.17. The van der Waals surface area contributed by atoms with Gasteiger partial charge < -0.3 is 4.74 Å². The minimum Gasteiger partial charge on any atom is -0.376 e. The van der Waals surface area contributed by atoms with E-state index in [2.05, 4.69) is 17.5 Å². The van der Waals surface area contributed by atoms with Crippen LogP contribution in [0.2, 0.25) is 0 Å². The summed E-state index contributed by atoms with van der Waals surface area (Å²) in [5.41, 5.74) is 4.30. The highest BCUT2D eigenvalue weighted by atomic mass is 19.1. The first-order valence-electron chi connectivity index (χ1n) is 14.3. The first-order valence-corrected chi connectivity index (χ1v) is 14.3. The number of quaternary nitrogens is 1. The Kier molecular flexibility index (Phi) is 7.19. The lowest BCUT2D eigenvalue weighted by Gasteiger charge is -2.33. The molecule has 4 aromatic carbocycles. The average Bonchev–Trinajstić information content (AvgIpc) is 3.29. The van der Waals surface area contributed by atoms with Gasteiger partial charge in [0, 0.05) is 11.3 Å². The number of nitrogens with zero attached hydrogens (tertiary/aromatic N) is 3. The predicted octanol–water partition coefficient (Wildman–Crippen LogP) is 6.55. The molecule has 7 heteroatoms. The minimum atomic E-state index is -1.39. The minimum absolute atomic E-state index is 0.0188. The Labute approximate surface area is 245 Å². The van der Waals surface area contributed by atoms with Gasteiger partial charge in [0.05, 0.1) is 37.9 Å². The fraction of sp³-hybridized carbons (Fsp3) is 0.229. The summed E-state index contributed by atoms with van der Waals surface area (Å²) in [6.07, 6.45) is 0.814. The zero-order valence-corrected chi connectivity index (χ0v) is 23.7. The van der Waals surface area contributed by atoms with Gasteiger partial charge in [-0.2, -0.15) is 14.7 Å². The van der Waals surface area contributed by atoms with E-state index in [1.807, 2.05) is 74.5 Å². The molecule has 2 aliphatic rings. The maximum Gasteiger partial charge on any atom is 0.358 e. The van der Waals surface area contributed by atoms with Crippen molar-refractivity contribution in [3.8, 4) is 17.2 Å². The van der Waals surface area contributed by atoms with Crippen LogP contribution in [0.25, 0.3) is 11.1 Å². The van der Waals surface area contributed by atoms with Crippen LogP contribution in [-0.2, 0) is 28.1 Å². The van der Waals surface area contributed by atoms with Crippen LogP contribution in [0, 0.1) is 17.1 Å². The summed E-state index contributed by atoms with van der Waals surface area (Å²) in [4.78, 5) is 20.4. The van der Waals surface area contributed by atoms with Crippen molar-refractivity contribution in [2.24, 2.45) is 4.99 Å². The number of nitriles is 1. The van der Waals surface area contributed by atoms with Gasteiger partial charge in [0.1, 0.15) is 5.82 Å². The molecule has 4 aromatic rings. The second-order valence-electron chi connectivity index (χ2n) is 10.7. The third-order valence-corrected chi connectivity index (χ3v) is 8.57. The molecule has 210 valence electrons. The van der Waals surface area contributed by atoms with Crippen molar-refractivity contribution >= 4 is 17.6 Å². The Morgan fingerprint density at radius 3 is 2.50 bits per heavy atom. The summed E-state index contributed by atoms with van der Waals surface area (Å²) in [6, 6.07) is 29.6. The Morgan fingerprint density at radius 2 is 1.74 bits per heavy atom. The molecule has 0 spiro atoms. The maximum atomic E-state index is 15.1. The number of ether oxygens (including phenoxy) is 1. The molecule has 0 bridgehead atoms. The van der Waals surface area contributed by atoms with Crippen LogP contribution in [0.1, 0.15) is 41.7 Å². The second kappa shape index (κ2) is 11.0. The van der Waals surface area contributed by atoms with Gasteiger partial charge in [0.25, 0.3) is 0 Å². The Bertz CT molecular complexity index is 1740.